The van der Waals surface area contributed by atoms with E-state index in [4.69, 9.17) is 4.74 Å². The molecule has 1 N–H and O–H groups in total. The van der Waals surface area contributed by atoms with Crippen LogP contribution in [0, 0.1) is 6.92 Å². The van der Waals surface area contributed by atoms with E-state index in [1.54, 1.807) is 6.20 Å². The lowest BCUT2D eigenvalue weighted by Crippen LogP contribution is -1.96. The fourth-order valence-electron chi connectivity index (χ4n) is 2.53. The monoisotopic (exact) mass is 331 g/mol. The summed E-state index contributed by atoms with van der Waals surface area (Å²) in [5, 5.41) is 3.25. The Morgan fingerprint density at radius 3 is 2.72 bits per heavy atom. The van der Waals surface area contributed by atoms with Gasteiger partial charge in [-0.3, -0.25) is 4.98 Å². The molecular formula is C21H21N3O. The van der Waals surface area contributed by atoms with Crippen molar-refractivity contribution in [3.8, 4) is 16.9 Å². The largest absolute Gasteiger partial charge is 0.493 e. The first-order valence-electron chi connectivity index (χ1n) is 8.30. The standard InChI is InChI=1S/C21H21N3O/c1-3-25-20-9-5-4-7-17(20)10-12-23-21-16(2)13-19(15-24-21)18-8-6-11-22-14-18/h4-15H,3H2,1-2H3,(H,23,24)/b12-10+. The van der Waals surface area contributed by atoms with Crippen molar-refractivity contribution >= 4 is 11.9 Å². The van der Waals surface area contributed by atoms with E-state index in [2.05, 4.69) is 21.4 Å². The Morgan fingerprint density at radius 2 is 1.96 bits per heavy atom. The Hall–Kier alpha value is -3.14. The topological polar surface area (TPSA) is 47.0 Å². The van der Waals surface area contributed by atoms with Crippen molar-refractivity contribution in [3.05, 3.63) is 78.4 Å². The first kappa shape index (κ1) is 16.7. The molecule has 4 nitrogen and oxygen atoms in total. The first-order chi connectivity index (χ1) is 12.3. The molecule has 0 saturated carbocycles. The van der Waals surface area contributed by atoms with E-state index in [1.165, 1.54) is 0 Å². The van der Waals surface area contributed by atoms with Gasteiger partial charge >= 0.3 is 0 Å². The number of rotatable bonds is 6. The third-order valence-corrected chi connectivity index (χ3v) is 3.77. The van der Waals surface area contributed by atoms with Crippen LogP contribution in [0.1, 0.15) is 18.1 Å². The third-order valence-electron chi connectivity index (χ3n) is 3.77. The summed E-state index contributed by atoms with van der Waals surface area (Å²) in [4.78, 5) is 8.68. The Kier molecular flexibility index (Phi) is 5.42. The molecule has 25 heavy (non-hydrogen) atoms. The molecule has 0 bridgehead atoms. The highest BCUT2D eigenvalue weighted by atomic mass is 16.5. The fraction of sp³-hybridized carbons (Fsp3) is 0.143. The van der Waals surface area contributed by atoms with Crippen molar-refractivity contribution in [1.29, 1.82) is 0 Å². The predicted octanol–water partition coefficient (Wildman–Crippen LogP) is 4.93. The van der Waals surface area contributed by atoms with Crippen molar-refractivity contribution in [1.82, 2.24) is 9.97 Å². The van der Waals surface area contributed by atoms with Crippen molar-refractivity contribution in [2.45, 2.75) is 13.8 Å². The second kappa shape index (κ2) is 8.11. The average molecular weight is 331 g/mol. The van der Waals surface area contributed by atoms with Crippen LogP contribution in [-0.4, -0.2) is 16.6 Å². The Balaban J connectivity index is 1.74. The molecule has 3 aromatic rings. The summed E-state index contributed by atoms with van der Waals surface area (Å²) >= 11 is 0. The SMILES string of the molecule is CCOc1ccccc1/C=C/Nc1ncc(-c2cccnc2)cc1C. The normalized spacial score (nSPS) is 10.8. The van der Waals surface area contributed by atoms with Gasteiger partial charge in [0.05, 0.1) is 6.61 Å². The summed E-state index contributed by atoms with van der Waals surface area (Å²) in [6, 6.07) is 14.0. The van der Waals surface area contributed by atoms with Crippen LogP contribution in [0.25, 0.3) is 17.2 Å². The van der Waals surface area contributed by atoms with Crippen LogP contribution in [0.15, 0.2) is 67.3 Å². The minimum Gasteiger partial charge on any atom is -0.493 e. The quantitative estimate of drug-likeness (QED) is 0.695. The van der Waals surface area contributed by atoms with Crippen LogP contribution in [0.2, 0.25) is 0 Å². The molecule has 0 atom stereocenters. The van der Waals surface area contributed by atoms with Gasteiger partial charge in [0, 0.05) is 41.5 Å². The zero-order valence-corrected chi connectivity index (χ0v) is 14.4. The molecule has 0 saturated heterocycles. The maximum absolute atomic E-state index is 5.63. The van der Waals surface area contributed by atoms with Crippen molar-refractivity contribution in [3.63, 3.8) is 0 Å². The van der Waals surface area contributed by atoms with Gasteiger partial charge in [0.1, 0.15) is 11.6 Å². The summed E-state index contributed by atoms with van der Waals surface area (Å²) in [6.45, 7) is 4.67. The highest BCUT2D eigenvalue weighted by Crippen LogP contribution is 2.23. The molecule has 0 fully saturated rings. The third kappa shape index (κ3) is 4.23. The number of anilines is 1. The molecule has 1 aromatic carbocycles. The average Bonchev–Trinajstić information content (AvgIpc) is 2.65. The number of aromatic nitrogens is 2. The molecule has 2 aromatic heterocycles. The van der Waals surface area contributed by atoms with Gasteiger partial charge in [0.25, 0.3) is 0 Å². The Morgan fingerprint density at radius 1 is 1.08 bits per heavy atom. The summed E-state index contributed by atoms with van der Waals surface area (Å²) in [7, 11) is 0. The molecule has 0 unspecified atom stereocenters. The molecule has 0 aliphatic rings. The molecule has 2 heterocycles. The lowest BCUT2D eigenvalue weighted by molar-refractivity contribution is 0.339. The van der Waals surface area contributed by atoms with Crippen molar-refractivity contribution in [2.24, 2.45) is 0 Å². The van der Waals surface area contributed by atoms with Crippen LogP contribution in [0.5, 0.6) is 5.75 Å². The molecule has 0 aliphatic carbocycles. The Labute approximate surface area is 148 Å². The lowest BCUT2D eigenvalue weighted by atomic mass is 10.1. The summed E-state index contributed by atoms with van der Waals surface area (Å²) in [6.07, 6.45) is 9.34. The minimum atomic E-state index is 0.648. The predicted molar refractivity (Wildman–Crippen MR) is 102 cm³/mol. The van der Waals surface area contributed by atoms with Gasteiger partial charge in [-0.15, -0.1) is 0 Å². The number of nitrogens with one attached hydrogen (secondary N) is 1. The van der Waals surface area contributed by atoms with Crippen molar-refractivity contribution < 1.29 is 4.74 Å². The molecule has 0 aliphatic heterocycles. The van der Waals surface area contributed by atoms with Crippen LogP contribution in [0.3, 0.4) is 0 Å². The number of hydrogen-bond acceptors (Lipinski definition) is 4. The summed E-state index contributed by atoms with van der Waals surface area (Å²) < 4.78 is 5.63. The fourth-order valence-corrected chi connectivity index (χ4v) is 2.53. The van der Waals surface area contributed by atoms with Gasteiger partial charge in [0.15, 0.2) is 0 Å². The zero-order chi connectivity index (χ0) is 17.5. The molecule has 0 radical (unpaired) electrons. The Bertz CT molecular complexity index is 860. The van der Waals surface area contributed by atoms with E-state index < -0.39 is 0 Å². The van der Waals surface area contributed by atoms with Crippen LogP contribution < -0.4 is 10.1 Å². The van der Waals surface area contributed by atoms with E-state index in [-0.39, 0.29) is 0 Å². The number of ether oxygens (including phenoxy) is 1. The van der Waals surface area contributed by atoms with Crippen LogP contribution >= 0.6 is 0 Å². The van der Waals surface area contributed by atoms with E-state index in [9.17, 15) is 0 Å². The number of hydrogen-bond donors (Lipinski definition) is 1. The minimum absolute atomic E-state index is 0.648. The van der Waals surface area contributed by atoms with Gasteiger partial charge < -0.3 is 10.1 Å². The van der Waals surface area contributed by atoms with E-state index in [0.29, 0.717) is 6.61 Å². The highest BCUT2D eigenvalue weighted by Gasteiger charge is 2.03. The van der Waals surface area contributed by atoms with E-state index >= 15 is 0 Å². The number of benzene rings is 1. The van der Waals surface area contributed by atoms with Gasteiger partial charge in [0.2, 0.25) is 0 Å². The van der Waals surface area contributed by atoms with E-state index in [0.717, 1.165) is 33.8 Å². The number of para-hydroxylation sites is 1. The second-order valence-corrected chi connectivity index (χ2v) is 5.58. The molecule has 0 spiro atoms. The van der Waals surface area contributed by atoms with Crippen LogP contribution in [0.4, 0.5) is 5.82 Å². The number of aryl methyl sites for hydroxylation is 1. The second-order valence-electron chi connectivity index (χ2n) is 5.58. The number of pyridine rings is 2. The van der Waals surface area contributed by atoms with Gasteiger partial charge in [-0.25, -0.2) is 4.98 Å². The van der Waals surface area contributed by atoms with E-state index in [1.807, 2.05) is 74.9 Å². The molecule has 3 rings (SSSR count). The number of nitrogens with zero attached hydrogens (tertiary/aromatic N) is 2. The first-order valence-corrected chi connectivity index (χ1v) is 8.30. The van der Waals surface area contributed by atoms with Gasteiger partial charge in [-0.05, 0) is 43.7 Å². The summed E-state index contributed by atoms with van der Waals surface area (Å²) in [5.74, 6) is 1.71. The van der Waals surface area contributed by atoms with Gasteiger partial charge in [-0.1, -0.05) is 24.3 Å². The highest BCUT2D eigenvalue weighted by molar-refractivity contribution is 5.66. The smallest absolute Gasteiger partial charge is 0.132 e. The lowest BCUT2D eigenvalue weighted by Gasteiger charge is -2.08. The molecule has 4 heteroatoms. The molecule has 0 amide bonds. The zero-order valence-electron chi connectivity index (χ0n) is 14.4. The molecule has 126 valence electrons. The maximum Gasteiger partial charge on any atom is 0.132 e. The maximum atomic E-state index is 5.63. The van der Waals surface area contributed by atoms with Crippen molar-refractivity contribution in [2.75, 3.05) is 11.9 Å². The summed E-state index contributed by atoms with van der Waals surface area (Å²) in [5.41, 5.74) is 4.22. The van der Waals surface area contributed by atoms with Crippen LogP contribution in [-0.2, 0) is 0 Å². The molecular weight excluding hydrogens is 310 g/mol. The van der Waals surface area contributed by atoms with Gasteiger partial charge in [-0.2, -0.15) is 0 Å².